The van der Waals surface area contributed by atoms with Crippen LogP contribution >= 0.6 is 0 Å². The van der Waals surface area contributed by atoms with Gasteiger partial charge < -0.3 is 9.30 Å². The van der Waals surface area contributed by atoms with Gasteiger partial charge in [0.25, 0.3) is 0 Å². The van der Waals surface area contributed by atoms with Crippen molar-refractivity contribution in [2.24, 2.45) is 7.05 Å². The van der Waals surface area contributed by atoms with Crippen LogP contribution in [0.5, 0.6) is 0 Å². The van der Waals surface area contributed by atoms with Crippen molar-refractivity contribution < 1.29 is 31.1 Å². The van der Waals surface area contributed by atoms with Crippen molar-refractivity contribution >= 4 is 16.0 Å². The second-order valence-corrected chi connectivity index (χ2v) is 7.96. The molecule has 0 aliphatic carbocycles. The van der Waals surface area contributed by atoms with Gasteiger partial charge in [0.1, 0.15) is 6.04 Å². The van der Waals surface area contributed by atoms with Gasteiger partial charge in [-0.25, -0.2) is 13.4 Å². The second-order valence-electron chi connectivity index (χ2n) is 6.07. The van der Waals surface area contributed by atoms with E-state index in [4.69, 9.17) is 4.74 Å². The van der Waals surface area contributed by atoms with E-state index in [0.717, 1.165) is 29.6 Å². The number of esters is 1. The lowest BCUT2D eigenvalue weighted by molar-refractivity contribution is -0.145. The minimum Gasteiger partial charge on any atom is -0.468 e. The monoisotopic (exact) mass is 403 g/mol. The van der Waals surface area contributed by atoms with E-state index in [2.05, 4.69) is 4.98 Å². The third kappa shape index (κ3) is 3.44. The number of nitrogens with zero attached hydrogens (tertiary/aromatic N) is 3. The number of fused-ring (bicyclic) bond motifs is 1. The maximum absolute atomic E-state index is 13.1. The largest absolute Gasteiger partial charge is 0.468 e. The number of benzene rings is 1. The van der Waals surface area contributed by atoms with E-state index in [1.165, 1.54) is 6.33 Å². The first kappa shape index (κ1) is 19.4. The van der Waals surface area contributed by atoms with Gasteiger partial charge in [0.15, 0.2) is 0 Å². The number of hydrogen-bond donors (Lipinski definition) is 0. The summed E-state index contributed by atoms with van der Waals surface area (Å²) in [5.41, 5.74) is 0.0190. The van der Waals surface area contributed by atoms with E-state index in [1.54, 1.807) is 11.6 Å². The van der Waals surface area contributed by atoms with Crippen LogP contribution in [-0.2, 0) is 45.7 Å². The highest BCUT2D eigenvalue weighted by Gasteiger charge is 2.42. The lowest BCUT2D eigenvalue weighted by atomic mass is 10.1. The van der Waals surface area contributed by atoms with Crippen molar-refractivity contribution in [2.75, 3.05) is 7.11 Å². The zero-order valence-electron chi connectivity index (χ0n) is 14.4. The molecule has 27 heavy (non-hydrogen) atoms. The molecule has 2 aromatic rings. The predicted molar refractivity (Wildman–Crippen MR) is 86.9 cm³/mol. The van der Waals surface area contributed by atoms with Crippen LogP contribution in [0.2, 0.25) is 0 Å². The van der Waals surface area contributed by atoms with Crippen molar-refractivity contribution in [3.8, 4) is 0 Å². The zero-order valence-corrected chi connectivity index (χ0v) is 15.2. The molecule has 0 saturated carbocycles. The Kier molecular flexibility index (Phi) is 4.76. The lowest BCUT2D eigenvalue weighted by Gasteiger charge is -2.32. The number of methoxy groups -OCH3 is 1. The van der Waals surface area contributed by atoms with Gasteiger partial charge >= 0.3 is 12.1 Å². The van der Waals surface area contributed by atoms with E-state index in [9.17, 15) is 26.4 Å². The SMILES string of the molecule is COC(=O)C1Cc2ncn(C)c2CN1S(=O)(=O)c1cccc(C(F)(F)F)c1. The summed E-state index contributed by atoms with van der Waals surface area (Å²) in [4.78, 5) is 15.8. The van der Waals surface area contributed by atoms with Gasteiger partial charge in [0, 0.05) is 13.5 Å². The number of hydrogen-bond acceptors (Lipinski definition) is 5. The molecule has 11 heteroatoms. The number of aromatic nitrogens is 2. The van der Waals surface area contributed by atoms with Crippen LogP contribution < -0.4 is 0 Å². The molecule has 0 bridgehead atoms. The summed E-state index contributed by atoms with van der Waals surface area (Å²) in [7, 11) is -1.61. The zero-order chi connectivity index (χ0) is 20.0. The minimum atomic E-state index is -4.69. The van der Waals surface area contributed by atoms with Crippen molar-refractivity contribution in [1.29, 1.82) is 0 Å². The summed E-state index contributed by atoms with van der Waals surface area (Å²) in [5.74, 6) is -0.804. The number of imidazole rings is 1. The highest BCUT2D eigenvalue weighted by atomic mass is 32.2. The quantitative estimate of drug-likeness (QED) is 0.729. The van der Waals surface area contributed by atoms with Crippen molar-refractivity contribution in [1.82, 2.24) is 13.9 Å². The van der Waals surface area contributed by atoms with E-state index in [0.29, 0.717) is 17.5 Å². The molecular weight excluding hydrogens is 387 g/mol. The molecule has 0 N–H and O–H groups in total. The number of ether oxygens (including phenoxy) is 1. The lowest BCUT2D eigenvalue weighted by Crippen LogP contribution is -2.49. The first-order valence-electron chi connectivity index (χ1n) is 7.81. The maximum atomic E-state index is 13.1. The third-order valence-electron chi connectivity index (χ3n) is 4.43. The second kappa shape index (κ2) is 6.64. The van der Waals surface area contributed by atoms with Crippen LogP contribution in [0.15, 0.2) is 35.5 Å². The predicted octanol–water partition coefficient (Wildman–Crippen LogP) is 1.73. The van der Waals surface area contributed by atoms with Gasteiger partial charge in [-0.3, -0.25) is 4.79 Å². The Bertz CT molecular complexity index is 985. The number of carbonyl (C=O) groups is 1. The van der Waals surface area contributed by atoms with Crippen molar-refractivity contribution in [3.05, 3.63) is 47.5 Å². The fourth-order valence-electron chi connectivity index (χ4n) is 2.98. The van der Waals surface area contributed by atoms with Crippen LogP contribution in [0.1, 0.15) is 17.0 Å². The molecule has 0 fully saturated rings. The molecule has 0 amide bonds. The first-order chi connectivity index (χ1) is 12.6. The molecule has 1 unspecified atom stereocenters. The topological polar surface area (TPSA) is 81.5 Å². The Morgan fingerprint density at radius 2 is 2.04 bits per heavy atom. The average Bonchev–Trinajstić information content (AvgIpc) is 2.99. The maximum Gasteiger partial charge on any atom is 0.416 e. The Balaban J connectivity index is 2.08. The molecule has 1 aliphatic rings. The molecule has 0 spiro atoms. The van der Waals surface area contributed by atoms with Gasteiger partial charge in [-0.1, -0.05) is 6.07 Å². The van der Waals surface area contributed by atoms with Gasteiger partial charge in [-0.15, -0.1) is 0 Å². The van der Waals surface area contributed by atoms with Crippen LogP contribution in [0.4, 0.5) is 13.2 Å². The Morgan fingerprint density at radius 1 is 1.33 bits per heavy atom. The summed E-state index contributed by atoms with van der Waals surface area (Å²) < 4.78 is 72.2. The van der Waals surface area contributed by atoms with Crippen molar-refractivity contribution in [2.45, 2.75) is 30.1 Å². The van der Waals surface area contributed by atoms with Crippen LogP contribution in [0.25, 0.3) is 0 Å². The number of sulfonamides is 1. The van der Waals surface area contributed by atoms with Crippen LogP contribution in [0, 0.1) is 0 Å². The molecule has 1 atom stereocenters. The third-order valence-corrected chi connectivity index (χ3v) is 6.28. The molecule has 0 radical (unpaired) electrons. The van der Waals surface area contributed by atoms with Crippen molar-refractivity contribution in [3.63, 3.8) is 0 Å². The molecular formula is C16H16F3N3O4S. The van der Waals surface area contributed by atoms with E-state index < -0.39 is 38.7 Å². The highest BCUT2D eigenvalue weighted by Crippen LogP contribution is 2.33. The molecule has 0 saturated heterocycles. The Morgan fingerprint density at radius 3 is 2.67 bits per heavy atom. The average molecular weight is 403 g/mol. The molecule has 1 aliphatic heterocycles. The van der Waals surface area contributed by atoms with E-state index in [1.807, 2.05) is 0 Å². The smallest absolute Gasteiger partial charge is 0.416 e. The van der Waals surface area contributed by atoms with Gasteiger partial charge in [0.2, 0.25) is 10.0 Å². The summed E-state index contributed by atoms with van der Waals surface area (Å²) >= 11 is 0. The number of carbonyl (C=O) groups excluding carboxylic acids is 1. The standard InChI is InChI=1S/C16H16F3N3O4S/c1-21-9-20-12-7-13(15(23)26-2)22(8-14(12)21)27(24,25)11-5-3-4-10(6-11)16(17,18)19/h3-6,9,13H,7-8H2,1-2H3. The number of halogens is 3. The molecule has 146 valence electrons. The first-order valence-corrected chi connectivity index (χ1v) is 9.25. The number of alkyl halides is 3. The normalized spacial score (nSPS) is 18.2. The summed E-state index contributed by atoms with van der Waals surface area (Å²) in [6, 6.07) is 2.21. The van der Waals surface area contributed by atoms with E-state index >= 15 is 0 Å². The van der Waals surface area contributed by atoms with Gasteiger partial charge in [-0.05, 0) is 18.2 Å². The molecule has 2 heterocycles. The Labute approximate surface area is 153 Å². The highest BCUT2D eigenvalue weighted by molar-refractivity contribution is 7.89. The summed E-state index contributed by atoms with van der Waals surface area (Å²) in [6.07, 6.45) is -3.23. The summed E-state index contributed by atoms with van der Waals surface area (Å²) in [5, 5.41) is 0. The molecule has 1 aromatic carbocycles. The fraction of sp³-hybridized carbons (Fsp3) is 0.375. The Hall–Kier alpha value is -2.40. The molecule has 1 aromatic heterocycles. The number of aryl methyl sites for hydroxylation is 1. The fourth-order valence-corrected chi connectivity index (χ4v) is 4.56. The van der Waals surface area contributed by atoms with Gasteiger partial charge in [0.05, 0.1) is 41.8 Å². The number of rotatable bonds is 3. The minimum absolute atomic E-state index is 0.0267. The van der Waals surface area contributed by atoms with Crippen LogP contribution in [-0.4, -0.2) is 41.4 Å². The molecule has 7 nitrogen and oxygen atoms in total. The molecule has 3 rings (SSSR count). The van der Waals surface area contributed by atoms with Crippen LogP contribution in [0.3, 0.4) is 0 Å². The summed E-state index contributed by atoms with van der Waals surface area (Å²) in [6.45, 7) is -0.204. The van der Waals surface area contributed by atoms with E-state index in [-0.39, 0.29) is 13.0 Å². The van der Waals surface area contributed by atoms with Gasteiger partial charge in [-0.2, -0.15) is 17.5 Å².